The molecule has 8 heteroatoms. The minimum absolute atomic E-state index is 0.0385. The molecule has 1 N–H and O–H groups in total. The van der Waals surface area contributed by atoms with Gasteiger partial charge in [0.15, 0.2) is 5.03 Å². The molecule has 2 unspecified atom stereocenters. The number of aromatic nitrogens is 2. The number of aryl methyl sites for hydroxylation is 2. The molecule has 2 heterocycles. The van der Waals surface area contributed by atoms with Gasteiger partial charge in [0.2, 0.25) is 0 Å². The quantitative estimate of drug-likeness (QED) is 0.733. The van der Waals surface area contributed by atoms with E-state index in [0.29, 0.717) is 37.0 Å². The van der Waals surface area contributed by atoms with Crippen LogP contribution in [0.2, 0.25) is 0 Å². The molecule has 1 amide bonds. The molecule has 5 rings (SSSR count). The molecule has 1 saturated heterocycles. The van der Waals surface area contributed by atoms with Gasteiger partial charge in [0.1, 0.15) is 0 Å². The summed E-state index contributed by atoms with van der Waals surface area (Å²) in [6.45, 7) is 3.66. The lowest BCUT2D eigenvalue weighted by molar-refractivity contribution is 0.0936. The number of rotatable bonds is 7. The third-order valence-electron chi connectivity index (χ3n) is 7.16. The van der Waals surface area contributed by atoms with Crippen LogP contribution in [-0.4, -0.2) is 47.8 Å². The normalized spacial score (nSPS) is 28.3. The summed E-state index contributed by atoms with van der Waals surface area (Å²) in [7, 11) is -1.78. The van der Waals surface area contributed by atoms with Gasteiger partial charge >= 0.3 is 0 Å². The van der Waals surface area contributed by atoms with Crippen LogP contribution >= 0.6 is 0 Å². The largest absolute Gasteiger partial charge is 0.351 e. The summed E-state index contributed by atoms with van der Waals surface area (Å²) in [5.74, 6) is 1.31. The van der Waals surface area contributed by atoms with Gasteiger partial charge in [0, 0.05) is 38.4 Å². The number of nitrogens with zero attached hydrogens (tertiary/aromatic N) is 3. The van der Waals surface area contributed by atoms with Gasteiger partial charge in [0.25, 0.3) is 15.9 Å². The van der Waals surface area contributed by atoms with Gasteiger partial charge in [0.05, 0.1) is 6.33 Å². The molecular formula is C22H28N4O3S. The highest BCUT2D eigenvalue weighted by molar-refractivity contribution is 7.89. The van der Waals surface area contributed by atoms with Crippen molar-refractivity contribution in [1.29, 1.82) is 0 Å². The first-order valence-electron chi connectivity index (χ1n) is 10.6. The molecule has 0 radical (unpaired) electrons. The van der Waals surface area contributed by atoms with Crippen LogP contribution in [0, 0.1) is 30.1 Å². The first-order valence-corrected chi connectivity index (χ1v) is 12.1. The SMILES string of the molecule is Cc1cccc(C(=O)NCC2(CC3CC3)C3CN(S(=O)(=O)c4cn(C)cn4)CC32)c1. The van der Waals surface area contributed by atoms with Crippen molar-refractivity contribution >= 4 is 15.9 Å². The topological polar surface area (TPSA) is 84.3 Å². The van der Waals surface area contributed by atoms with Crippen LogP contribution in [0.1, 0.15) is 35.2 Å². The maximum atomic E-state index is 12.9. The number of piperidine rings is 1. The molecule has 2 saturated carbocycles. The maximum Gasteiger partial charge on any atom is 0.262 e. The fourth-order valence-electron chi connectivity index (χ4n) is 5.28. The maximum absolute atomic E-state index is 12.9. The monoisotopic (exact) mass is 428 g/mol. The Labute approximate surface area is 177 Å². The summed E-state index contributed by atoms with van der Waals surface area (Å²) in [5, 5.41) is 3.27. The zero-order valence-corrected chi connectivity index (χ0v) is 18.2. The zero-order valence-electron chi connectivity index (χ0n) is 17.4. The first-order chi connectivity index (χ1) is 14.3. The van der Waals surface area contributed by atoms with Crippen LogP contribution in [0.25, 0.3) is 0 Å². The fraction of sp³-hybridized carbons (Fsp3) is 0.545. The third kappa shape index (κ3) is 3.36. The minimum atomic E-state index is -3.55. The molecular weight excluding hydrogens is 400 g/mol. The van der Waals surface area contributed by atoms with Crippen molar-refractivity contribution < 1.29 is 13.2 Å². The standard InChI is InChI=1S/C22H28N4O3S/c1-15-4-3-5-17(8-15)21(27)23-13-22(9-16-6-7-16)18-10-26(11-19(18)22)30(28,29)20-12-25(2)14-24-20/h3-5,8,12,14,16,18-19H,6-7,9-11,13H2,1-2H3,(H,23,27). The van der Waals surface area contributed by atoms with Gasteiger partial charge in [-0.25, -0.2) is 13.4 Å². The molecule has 1 aromatic heterocycles. The number of fused-ring (bicyclic) bond motifs is 1. The number of nitrogens with one attached hydrogen (secondary N) is 1. The average Bonchev–Trinajstić information content (AvgIpc) is 3.47. The molecule has 2 atom stereocenters. The van der Waals surface area contributed by atoms with Gasteiger partial charge in [-0.2, -0.15) is 4.31 Å². The molecule has 1 aromatic carbocycles. The highest BCUT2D eigenvalue weighted by atomic mass is 32.2. The molecule has 160 valence electrons. The molecule has 0 spiro atoms. The number of carbonyl (C=O) groups is 1. The van der Waals surface area contributed by atoms with Crippen molar-refractivity contribution in [3.8, 4) is 0 Å². The highest BCUT2D eigenvalue weighted by Gasteiger charge is 2.69. The predicted octanol–water partition coefficient (Wildman–Crippen LogP) is 2.20. The van der Waals surface area contributed by atoms with Crippen LogP contribution in [-0.2, 0) is 17.1 Å². The van der Waals surface area contributed by atoms with E-state index in [1.807, 2.05) is 31.2 Å². The number of benzene rings is 1. The predicted molar refractivity (Wildman–Crippen MR) is 112 cm³/mol. The van der Waals surface area contributed by atoms with Crippen molar-refractivity contribution in [3.63, 3.8) is 0 Å². The van der Waals surface area contributed by atoms with Crippen molar-refractivity contribution in [2.45, 2.75) is 31.2 Å². The number of amides is 1. The summed E-state index contributed by atoms with van der Waals surface area (Å²) in [5.41, 5.74) is 1.78. The van der Waals surface area contributed by atoms with Crippen LogP contribution in [0.3, 0.4) is 0 Å². The lowest BCUT2D eigenvalue weighted by atomic mass is 9.92. The summed E-state index contributed by atoms with van der Waals surface area (Å²) in [6.07, 6.45) is 6.67. The van der Waals surface area contributed by atoms with E-state index in [1.54, 1.807) is 22.1 Å². The third-order valence-corrected chi connectivity index (χ3v) is 8.88. The average molecular weight is 429 g/mol. The molecule has 7 nitrogen and oxygen atoms in total. The highest BCUT2D eigenvalue weighted by Crippen LogP contribution is 2.67. The Kier molecular flexibility index (Phi) is 4.56. The molecule has 2 aliphatic carbocycles. The number of carbonyl (C=O) groups excluding carboxylic acids is 1. The van der Waals surface area contributed by atoms with E-state index in [0.717, 1.165) is 17.9 Å². The van der Waals surface area contributed by atoms with Crippen LogP contribution < -0.4 is 5.32 Å². The van der Waals surface area contributed by atoms with Gasteiger partial charge in [-0.05, 0) is 48.6 Å². The molecule has 30 heavy (non-hydrogen) atoms. The van der Waals surface area contributed by atoms with Crippen molar-refractivity contribution in [1.82, 2.24) is 19.2 Å². The van der Waals surface area contributed by atoms with E-state index in [2.05, 4.69) is 10.3 Å². The Hall–Kier alpha value is -2.19. The molecule has 1 aliphatic heterocycles. The van der Waals surface area contributed by atoms with E-state index in [1.165, 1.54) is 19.2 Å². The van der Waals surface area contributed by atoms with Crippen molar-refractivity contribution in [3.05, 3.63) is 47.9 Å². The summed E-state index contributed by atoms with van der Waals surface area (Å²) in [4.78, 5) is 16.7. The summed E-state index contributed by atoms with van der Waals surface area (Å²) >= 11 is 0. The molecule has 3 aliphatic rings. The second-order valence-corrected chi connectivity index (χ2v) is 11.2. The van der Waals surface area contributed by atoms with Crippen LogP contribution in [0.5, 0.6) is 0 Å². The smallest absolute Gasteiger partial charge is 0.262 e. The Bertz CT molecular complexity index is 1080. The Morgan fingerprint density at radius 2 is 2.00 bits per heavy atom. The summed E-state index contributed by atoms with van der Waals surface area (Å²) < 4.78 is 29.1. The molecule has 0 bridgehead atoms. The van der Waals surface area contributed by atoms with E-state index in [-0.39, 0.29) is 16.3 Å². The van der Waals surface area contributed by atoms with E-state index in [9.17, 15) is 13.2 Å². The van der Waals surface area contributed by atoms with Gasteiger partial charge in [-0.1, -0.05) is 30.5 Å². The number of hydrogen-bond donors (Lipinski definition) is 1. The van der Waals surface area contributed by atoms with Crippen molar-refractivity contribution in [2.75, 3.05) is 19.6 Å². The first kappa shape index (κ1) is 19.8. The van der Waals surface area contributed by atoms with Gasteiger partial charge in [-0.3, -0.25) is 4.79 Å². The fourth-order valence-corrected chi connectivity index (χ4v) is 6.74. The lowest BCUT2D eigenvalue weighted by Crippen LogP contribution is -2.39. The van der Waals surface area contributed by atoms with Crippen LogP contribution in [0.15, 0.2) is 41.8 Å². The zero-order chi connectivity index (χ0) is 21.1. The Morgan fingerprint density at radius 3 is 2.60 bits per heavy atom. The summed E-state index contributed by atoms with van der Waals surface area (Å²) in [6, 6.07) is 7.62. The van der Waals surface area contributed by atoms with Crippen molar-refractivity contribution in [2.24, 2.45) is 30.2 Å². The van der Waals surface area contributed by atoms with Gasteiger partial charge in [-0.15, -0.1) is 0 Å². The minimum Gasteiger partial charge on any atom is -0.351 e. The number of imidazole rings is 1. The molecule has 2 aromatic rings. The van der Waals surface area contributed by atoms with E-state index in [4.69, 9.17) is 0 Å². The number of sulfonamides is 1. The Morgan fingerprint density at radius 1 is 1.27 bits per heavy atom. The second kappa shape index (κ2) is 6.92. The lowest BCUT2D eigenvalue weighted by Gasteiger charge is -2.26. The Balaban J connectivity index is 1.28. The van der Waals surface area contributed by atoms with E-state index >= 15 is 0 Å². The second-order valence-electron chi connectivity index (χ2n) is 9.35. The molecule has 3 fully saturated rings. The van der Waals surface area contributed by atoms with Crippen LogP contribution in [0.4, 0.5) is 0 Å². The van der Waals surface area contributed by atoms with Gasteiger partial charge < -0.3 is 9.88 Å². The number of hydrogen-bond acceptors (Lipinski definition) is 4. The van der Waals surface area contributed by atoms with E-state index < -0.39 is 10.0 Å².